The molecule has 20 heavy (non-hydrogen) atoms. The highest BCUT2D eigenvalue weighted by Gasteiger charge is 2.10. The molecule has 0 aliphatic rings. The number of aromatic nitrogens is 2. The molecule has 1 aromatic carbocycles. The lowest BCUT2D eigenvalue weighted by Crippen LogP contribution is -2.16. The number of nitrogens with zero attached hydrogens (tertiary/aromatic N) is 2. The third-order valence-corrected chi connectivity index (χ3v) is 3.42. The lowest BCUT2D eigenvalue weighted by atomic mass is 10.1. The Morgan fingerprint density at radius 1 is 1.30 bits per heavy atom. The largest absolute Gasteiger partial charge is 0.328 e. The predicted molar refractivity (Wildman–Crippen MR) is 81.8 cm³/mol. The van der Waals surface area contributed by atoms with E-state index in [1.165, 1.54) is 6.07 Å². The molecule has 2 aromatic rings. The molecule has 0 saturated heterocycles. The lowest BCUT2D eigenvalue weighted by molar-refractivity contribution is 0.628. The van der Waals surface area contributed by atoms with E-state index >= 15 is 0 Å². The van der Waals surface area contributed by atoms with Crippen molar-refractivity contribution in [2.45, 2.75) is 32.7 Å². The highest BCUT2D eigenvalue weighted by Crippen LogP contribution is 2.25. The number of hydrogen-bond acceptors (Lipinski definition) is 3. The van der Waals surface area contributed by atoms with Crippen LogP contribution >= 0.6 is 15.9 Å². The van der Waals surface area contributed by atoms with Gasteiger partial charge in [-0.15, -0.1) is 0 Å². The van der Waals surface area contributed by atoms with Crippen LogP contribution in [0.5, 0.6) is 0 Å². The number of hydrogen-bond donors (Lipinski definition) is 1. The SMILES string of the molecule is Cc1cc(-c2cc(Br)ccc2F)nc(CCC(C)N)n1. The minimum Gasteiger partial charge on any atom is -0.328 e. The summed E-state index contributed by atoms with van der Waals surface area (Å²) in [7, 11) is 0. The van der Waals surface area contributed by atoms with E-state index in [2.05, 4.69) is 25.9 Å². The minimum absolute atomic E-state index is 0.102. The monoisotopic (exact) mass is 337 g/mol. The average molecular weight is 338 g/mol. The van der Waals surface area contributed by atoms with Gasteiger partial charge in [-0.25, -0.2) is 14.4 Å². The molecule has 5 heteroatoms. The Labute approximate surface area is 126 Å². The van der Waals surface area contributed by atoms with E-state index < -0.39 is 0 Å². The molecule has 0 radical (unpaired) electrons. The van der Waals surface area contributed by atoms with Crippen LogP contribution in [0.4, 0.5) is 4.39 Å². The molecule has 3 nitrogen and oxygen atoms in total. The van der Waals surface area contributed by atoms with Crippen LogP contribution in [-0.2, 0) is 6.42 Å². The number of halogens is 2. The van der Waals surface area contributed by atoms with Gasteiger partial charge >= 0.3 is 0 Å². The summed E-state index contributed by atoms with van der Waals surface area (Å²) in [6.45, 7) is 3.83. The van der Waals surface area contributed by atoms with E-state index in [0.717, 1.165) is 16.6 Å². The highest BCUT2D eigenvalue weighted by molar-refractivity contribution is 9.10. The first-order valence-corrected chi connectivity index (χ1v) is 7.30. The lowest BCUT2D eigenvalue weighted by Gasteiger charge is -2.09. The van der Waals surface area contributed by atoms with Crippen LogP contribution < -0.4 is 5.73 Å². The van der Waals surface area contributed by atoms with Gasteiger partial charge in [-0.3, -0.25) is 0 Å². The molecule has 2 rings (SSSR count). The molecule has 0 spiro atoms. The zero-order chi connectivity index (χ0) is 14.7. The van der Waals surface area contributed by atoms with E-state index in [-0.39, 0.29) is 11.9 Å². The molecule has 0 fully saturated rings. The van der Waals surface area contributed by atoms with Crippen LogP contribution in [0.25, 0.3) is 11.3 Å². The average Bonchev–Trinajstić information content (AvgIpc) is 2.38. The first-order valence-electron chi connectivity index (χ1n) is 6.51. The Kier molecular flexibility index (Phi) is 4.83. The minimum atomic E-state index is -0.288. The fraction of sp³-hybridized carbons (Fsp3) is 0.333. The molecule has 0 saturated carbocycles. The summed E-state index contributed by atoms with van der Waals surface area (Å²) >= 11 is 3.35. The van der Waals surface area contributed by atoms with Crippen LogP contribution in [0.1, 0.15) is 24.9 Å². The van der Waals surface area contributed by atoms with Crippen molar-refractivity contribution in [2.24, 2.45) is 5.73 Å². The first-order chi connectivity index (χ1) is 9.45. The molecule has 1 heterocycles. The zero-order valence-electron chi connectivity index (χ0n) is 11.5. The van der Waals surface area contributed by atoms with Crippen molar-refractivity contribution in [3.63, 3.8) is 0 Å². The van der Waals surface area contributed by atoms with Gasteiger partial charge in [-0.05, 0) is 44.5 Å². The summed E-state index contributed by atoms with van der Waals surface area (Å²) < 4.78 is 14.8. The maximum Gasteiger partial charge on any atom is 0.132 e. The van der Waals surface area contributed by atoms with Crippen LogP contribution in [0.2, 0.25) is 0 Å². The highest BCUT2D eigenvalue weighted by atomic mass is 79.9. The molecule has 0 bridgehead atoms. The fourth-order valence-electron chi connectivity index (χ4n) is 1.93. The van der Waals surface area contributed by atoms with Crippen molar-refractivity contribution in [3.05, 3.63) is 46.1 Å². The van der Waals surface area contributed by atoms with Crippen LogP contribution in [0.3, 0.4) is 0 Å². The Morgan fingerprint density at radius 2 is 2.05 bits per heavy atom. The van der Waals surface area contributed by atoms with Gasteiger partial charge in [0.2, 0.25) is 0 Å². The van der Waals surface area contributed by atoms with Gasteiger partial charge < -0.3 is 5.73 Å². The molecule has 1 unspecified atom stereocenters. The Bertz CT molecular complexity index is 614. The maximum absolute atomic E-state index is 13.9. The predicted octanol–water partition coefficient (Wildman–Crippen LogP) is 3.63. The van der Waals surface area contributed by atoms with Crippen molar-refractivity contribution < 1.29 is 4.39 Å². The second-order valence-electron chi connectivity index (χ2n) is 4.95. The quantitative estimate of drug-likeness (QED) is 0.926. The summed E-state index contributed by atoms with van der Waals surface area (Å²) in [6.07, 6.45) is 1.51. The Hall–Kier alpha value is -1.33. The topological polar surface area (TPSA) is 51.8 Å². The van der Waals surface area contributed by atoms with Crippen molar-refractivity contribution in [3.8, 4) is 11.3 Å². The molecule has 106 valence electrons. The van der Waals surface area contributed by atoms with Crippen molar-refractivity contribution >= 4 is 15.9 Å². The third-order valence-electron chi connectivity index (χ3n) is 2.93. The number of aryl methyl sites for hydroxylation is 2. The van der Waals surface area contributed by atoms with Crippen molar-refractivity contribution in [2.75, 3.05) is 0 Å². The second-order valence-corrected chi connectivity index (χ2v) is 5.87. The molecular weight excluding hydrogens is 321 g/mol. The molecule has 1 aromatic heterocycles. The summed E-state index contributed by atoms with van der Waals surface area (Å²) in [5.41, 5.74) is 7.66. The summed E-state index contributed by atoms with van der Waals surface area (Å²) in [5, 5.41) is 0. The summed E-state index contributed by atoms with van der Waals surface area (Å²) in [5.74, 6) is 0.418. The smallest absolute Gasteiger partial charge is 0.132 e. The van der Waals surface area contributed by atoms with E-state index in [4.69, 9.17) is 5.73 Å². The third kappa shape index (κ3) is 3.84. The molecule has 0 amide bonds. The van der Waals surface area contributed by atoms with Gasteiger partial charge in [0.05, 0.1) is 5.69 Å². The van der Waals surface area contributed by atoms with Crippen LogP contribution in [0, 0.1) is 12.7 Å². The van der Waals surface area contributed by atoms with Gasteiger partial charge in [0.25, 0.3) is 0 Å². The Morgan fingerprint density at radius 3 is 2.75 bits per heavy atom. The van der Waals surface area contributed by atoms with Crippen LogP contribution in [-0.4, -0.2) is 16.0 Å². The molecular formula is C15H17BrFN3. The number of nitrogens with two attached hydrogens (primary N) is 1. The van der Waals surface area contributed by atoms with E-state index in [0.29, 0.717) is 23.5 Å². The Balaban J connectivity index is 2.38. The van der Waals surface area contributed by atoms with Gasteiger partial charge in [-0.2, -0.15) is 0 Å². The maximum atomic E-state index is 13.9. The van der Waals surface area contributed by atoms with E-state index in [1.807, 2.05) is 13.8 Å². The van der Waals surface area contributed by atoms with E-state index in [1.54, 1.807) is 18.2 Å². The second kappa shape index (κ2) is 6.41. The van der Waals surface area contributed by atoms with Gasteiger partial charge in [0.15, 0.2) is 0 Å². The van der Waals surface area contributed by atoms with Gasteiger partial charge in [0.1, 0.15) is 11.6 Å². The van der Waals surface area contributed by atoms with Crippen LogP contribution in [0.15, 0.2) is 28.7 Å². The normalized spacial score (nSPS) is 12.4. The van der Waals surface area contributed by atoms with Crippen molar-refractivity contribution in [1.82, 2.24) is 9.97 Å². The molecule has 1 atom stereocenters. The summed E-state index contributed by atoms with van der Waals surface area (Å²) in [4.78, 5) is 8.83. The number of rotatable bonds is 4. The standard InChI is InChI=1S/C15H17BrFN3/c1-9(18)3-6-15-19-10(2)7-14(20-15)12-8-11(16)4-5-13(12)17/h4-5,7-9H,3,6,18H2,1-2H3. The summed E-state index contributed by atoms with van der Waals surface area (Å²) in [6, 6.07) is 6.72. The van der Waals surface area contributed by atoms with Gasteiger partial charge in [-0.1, -0.05) is 15.9 Å². The zero-order valence-corrected chi connectivity index (χ0v) is 13.1. The van der Waals surface area contributed by atoms with Gasteiger partial charge in [0, 0.05) is 28.2 Å². The van der Waals surface area contributed by atoms with E-state index in [9.17, 15) is 4.39 Å². The first kappa shape index (κ1) is 15.1. The molecule has 2 N–H and O–H groups in total. The number of benzene rings is 1. The molecule has 0 aliphatic heterocycles. The molecule has 0 aliphatic carbocycles. The fourth-order valence-corrected chi connectivity index (χ4v) is 2.29. The van der Waals surface area contributed by atoms with Crippen molar-refractivity contribution in [1.29, 1.82) is 0 Å².